The van der Waals surface area contributed by atoms with E-state index in [2.05, 4.69) is 4.98 Å². The number of hydrogen-bond donors (Lipinski definition) is 1. The molecule has 1 aromatic heterocycles. The van der Waals surface area contributed by atoms with Gasteiger partial charge in [-0.1, -0.05) is 24.3 Å². The molecule has 1 atom stereocenters. The monoisotopic (exact) mass is 492 g/mol. The maximum Gasteiger partial charge on any atom is 0.257 e. The molecule has 0 saturated carbocycles. The van der Waals surface area contributed by atoms with E-state index in [0.29, 0.717) is 29.0 Å². The number of hydrogen-bond acceptors (Lipinski definition) is 5. The third-order valence-electron chi connectivity index (χ3n) is 6.63. The molecule has 1 saturated heterocycles. The quantitative estimate of drug-likeness (QED) is 0.392. The highest BCUT2D eigenvalue weighted by Gasteiger charge is 2.44. The zero-order valence-corrected chi connectivity index (χ0v) is 20.2. The predicted molar refractivity (Wildman–Crippen MR) is 138 cm³/mol. The molecule has 1 unspecified atom stereocenters. The van der Waals surface area contributed by atoms with Crippen molar-refractivity contribution >= 4 is 34.3 Å². The fourth-order valence-corrected chi connectivity index (χ4v) is 4.72. The number of rotatable bonds is 7. The van der Waals surface area contributed by atoms with E-state index in [-0.39, 0.29) is 18.9 Å². The van der Waals surface area contributed by atoms with Gasteiger partial charge in [-0.15, -0.1) is 0 Å². The Hall–Kier alpha value is -4.90. The molecule has 5 rings (SSSR count). The molecule has 0 bridgehead atoms. The van der Waals surface area contributed by atoms with Gasteiger partial charge in [0.05, 0.1) is 30.9 Å². The van der Waals surface area contributed by atoms with Crippen LogP contribution in [0.15, 0.2) is 79.0 Å². The minimum Gasteiger partial charge on any atom is -0.497 e. The second kappa shape index (κ2) is 9.99. The van der Waals surface area contributed by atoms with Crippen molar-refractivity contribution in [2.45, 2.75) is 18.9 Å². The number of carbonyl (C=O) groups is 3. The van der Waals surface area contributed by atoms with Crippen LogP contribution in [0.3, 0.4) is 0 Å². The maximum atomic E-state index is 13.7. The van der Waals surface area contributed by atoms with Crippen LogP contribution in [0.5, 0.6) is 5.75 Å². The van der Waals surface area contributed by atoms with E-state index in [1.807, 2.05) is 36.5 Å². The van der Waals surface area contributed by atoms with Crippen LogP contribution in [0.4, 0.5) is 5.69 Å². The Labute approximate surface area is 213 Å². The van der Waals surface area contributed by atoms with E-state index in [1.165, 1.54) is 12.0 Å². The molecule has 0 aliphatic carbocycles. The van der Waals surface area contributed by atoms with Crippen molar-refractivity contribution < 1.29 is 19.1 Å². The van der Waals surface area contributed by atoms with Gasteiger partial charge < -0.3 is 14.6 Å². The second-order valence-electron chi connectivity index (χ2n) is 8.79. The highest BCUT2D eigenvalue weighted by Crippen LogP contribution is 2.28. The molecule has 184 valence electrons. The Kier molecular flexibility index (Phi) is 6.43. The molecule has 0 spiro atoms. The summed E-state index contributed by atoms with van der Waals surface area (Å²) < 4.78 is 5.28. The van der Waals surface area contributed by atoms with Crippen LogP contribution in [0.1, 0.15) is 27.9 Å². The highest BCUT2D eigenvalue weighted by atomic mass is 16.5. The fourth-order valence-electron chi connectivity index (χ4n) is 4.72. The van der Waals surface area contributed by atoms with E-state index in [0.717, 1.165) is 21.4 Å². The Morgan fingerprint density at radius 1 is 1.11 bits per heavy atom. The zero-order chi connectivity index (χ0) is 25.9. The van der Waals surface area contributed by atoms with Crippen LogP contribution < -0.4 is 9.64 Å². The maximum absolute atomic E-state index is 13.7. The van der Waals surface area contributed by atoms with Gasteiger partial charge in [0.2, 0.25) is 5.91 Å². The first-order valence-corrected chi connectivity index (χ1v) is 11.9. The number of nitrogens with one attached hydrogen (secondary N) is 1. The number of benzene rings is 3. The molecule has 1 N–H and O–H groups in total. The molecule has 3 amide bonds. The summed E-state index contributed by atoms with van der Waals surface area (Å²) in [5, 5.41) is 10.1. The van der Waals surface area contributed by atoms with Crippen LogP contribution in [0.2, 0.25) is 0 Å². The van der Waals surface area contributed by atoms with Crippen molar-refractivity contribution in [2.75, 3.05) is 18.6 Å². The van der Waals surface area contributed by atoms with E-state index >= 15 is 0 Å². The van der Waals surface area contributed by atoms with Gasteiger partial charge in [0.15, 0.2) is 0 Å². The number of carbonyl (C=O) groups excluding carboxylic acids is 3. The SMILES string of the molecule is COc1cccc(C(=O)N(CCc2c[nH]c3ccccc23)C2CC(=O)N(c3ccc(C#N)cc3)C2=O)c1. The third kappa shape index (κ3) is 4.55. The average Bonchev–Trinajstić information content (AvgIpc) is 3.48. The third-order valence-corrected chi connectivity index (χ3v) is 6.63. The van der Waals surface area contributed by atoms with Crippen molar-refractivity contribution in [3.8, 4) is 11.8 Å². The number of nitrogens with zero attached hydrogens (tertiary/aromatic N) is 3. The van der Waals surface area contributed by atoms with Crippen molar-refractivity contribution in [3.63, 3.8) is 0 Å². The predicted octanol–water partition coefficient (Wildman–Crippen LogP) is 4.07. The highest BCUT2D eigenvalue weighted by molar-refractivity contribution is 6.23. The van der Waals surface area contributed by atoms with Crippen LogP contribution in [-0.4, -0.2) is 47.3 Å². The van der Waals surface area contributed by atoms with Gasteiger partial charge in [-0.25, -0.2) is 4.90 Å². The van der Waals surface area contributed by atoms with Crippen LogP contribution in [-0.2, 0) is 16.0 Å². The topological polar surface area (TPSA) is 106 Å². The van der Waals surface area contributed by atoms with Gasteiger partial charge in [-0.3, -0.25) is 14.4 Å². The van der Waals surface area contributed by atoms with Crippen LogP contribution in [0.25, 0.3) is 10.9 Å². The number of nitriles is 1. The van der Waals surface area contributed by atoms with Gasteiger partial charge in [0, 0.05) is 29.2 Å². The van der Waals surface area contributed by atoms with Crippen LogP contribution >= 0.6 is 0 Å². The normalized spacial score (nSPS) is 15.1. The molecule has 2 heterocycles. The standard InChI is InChI=1S/C29H24N4O4/c1-37-23-6-4-5-20(15-23)28(35)32(14-13-21-18-31-25-8-3-2-7-24(21)25)26-16-27(34)33(29(26)36)22-11-9-19(17-30)10-12-22/h2-12,15,18,26,31H,13-14,16H2,1H3. The first-order chi connectivity index (χ1) is 18.0. The molecule has 4 aromatic rings. The molecule has 1 aliphatic heterocycles. The van der Waals surface area contributed by atoms with E-state index in [4.69, 9.17) is 10.00 Å². The molecular formula is C29H24N4O4. The van der Waals surface area contributed by atoms with Crippen LogP contribution in [0, 0.1) is 11.3 Å². The lowest BCUT2D eigenvalue weighted by Gasteiger charge is -2.28. The number of fused-ring (bicyclic) bond motifs is 1. The number of methoxy groups -OCH3 is 1. The molecular weight excluding hydrogens is 468 g/mol. The summed E-state index contributed by atoms with van der Waals surface area (Å²) in [6, 6.07) is 22.0. The molecule has 1 aliphatic rings. The lowest BCUT2D eigenvalue weighted by atomic mass is 10.1. The van der Waals surface area contributed by atoms with Gasteiger partial charge >= 0.3 is 0 Å². The Balaban J connectivity index is 1.47. The van der Waals surface area contributed by atoms with Crippen molar-refractivity contribution in [2.24, 2.45) is 0 Å². The lowest BCUT2D eigenvalue weighted by molar-refractivity contribution is -0.122. The number of imide groups is 1. The minimum absolute atomic E-state index is 0.123. The van der Waals surface area contributed by atoms with Crippen molar-refractivity contribution in [1.82, 2.24) is 9.88 Å². The lowest BCUT2D eigenvalue weighted by Crippen LogP contribution is -2.46. The van der Waals surface area contributed by atoms with Gasteiger partial charge in [-0.05, 0) is 60.5 Å². The van der Waals surface area contributed by atoms with E-state index < -0.39 is 17.9 Å². The van der Waals surface area contributed by atoms with E-state index in [9.17, 15) is 14.4 Å². The summed E-state index contributed by atoms with van der Waals surface area (Å²) in [5.74, 6) is -0.692. The first-order valence-electron chi connectivity index (χ1n) is 11.9. The van der Waals surface area contributed by atoms with Gasteiger partial charge in [0.25, 0.3) is 11.8 Å². The molecule has 0 radical (unpaired) electrons. The first kappa shape index (κ1) is 23.8. The summed E-state index contributed by atoms with van der Waals surface area (Å²) in [6.45, 7) is 0.239. The number of H-pyrrole nitrogens is 1. The zero-order valence-electron chi connectivity index (χ0n) is 20.2. The number of ether oxygens (including phenoxy) is 1. The second-order valence-corrected chi connectivity index (χ2v) is 8.79. The summed E-state index contributed by atoms with van der Waals surface area (Å²) >= 11 is 0. The smallest absolute Gasteiger partial charge is 0.257 e. The summed E-state index contributed by atoms with van der Waals surface area (Å²) in [5.41, 5.74) is 3.17. The molecule has 8 nitrogen and oxygen atoms in total. The Bertz CT molecular complexity index is 1530. The molecule has 37 heavy (non-hydrogen) atoms. The number of amides is 3. The number of anilines is 1. The largest absolute Gasteiger partial charge is 0.497 e. The Morgan fingerprint density at radius 2 is 1.89 bits per heavy atom. The van der Waals surface area contributed by atoms with Crippen molar-refractivity contribution in [1.29, 1.82) is 5.26 Å². The minimum atomic E-state index is -0.952. The van der Waals surface area contributed by atoms with Gasteiger partial charge in [0.1, 0.15) is 11.8 Å². The summed E-state index contributed by atoms with van der Waals surface area (Å²) in [7, 11) is 1.52. The Morgan fingerprint density at radius 3 is 2.65 bits per heavy atom. The van der Waals surface area contributed by atoms with E-state index in [1.54, 1.807) is 48.5 Å². The number of para-hydroxylation sites is 1. The molecule has 3 aromatic carbocycles. The number of aromatic nitrogens is 1. The number of aromatic amines is 1. The van der Waals surface area contributed by atoms with Gasteiger partial charge in [-0.2, -0.15) is 5.26 Å². The molecule has 1 fully saturated rings. The molecule has 8 heteroatoms. The fraction of sp³-hybridized carbons (Fsp3) is 0.172. The van der Waals surface area contributed by atoms with Crippen molar-refractivity contribution in [3.05, 3.63) is 95.7 Å². The summed E-state index contributed by atoms with van der Waals surface area (Å²) in [4.78, 5) is 46.1. The summed E-state index contributed by atoms with van der Waals surface area (Å²) in [6.07, 6.45) is 2.28. The average molecular weight is 493 g/mol.